The van der Waals surface area contributed by atoms with Gasteiger partial charge in [0.05, 0.1) is 47.9 Å². The summed E-state index contributed by atoms with van der Waals surface area (Å²) in [5.41, 5.74) is 2.64. The van der Waals surface area contributed by atoms with E-state index in [4.69, 9.17) is 4.74 Å². The normalized spacial score (nSPS) is 13.6. The quantitative estimate of drug-likeness (QED) is 0.351. The number of Topliss-reactive ketones (excluding diaryl/α,β-unsaturated/α-hetero) is 1. The second-order valence-corrected chi connectivity index (χ2v) is 8.04. The van der Waals surface area contributed by atoms with Crippen LogP contribution in [0.4, 0.5) is 0 Å². The molecular weight excluding hydrogens is 448 g/mol. The molecular formula is C25H22N6O4. The van der Waals surface area contributed by atoms with Crippen LogP contribution in [-0.2, 0) is 4.79 Å². The van der Waals surface area contributed by atoms with Crippen molar-refractivity contribution >= 4 is 28.5 Å². The summed E-state index contributed by atoms with van der Waals surface area (Å²) < 4.78 is 5.44. The summed E-state index contributed by atoms with van der Waals surface area (Å²) in [4.78, 5) is 49.8. The Balaban J connectivity index is 1.37. The Bertz CT molecular complexity index is 1400. The lowest BCUT2D eigenvalue weighted by Crippen LogP contribution is -2.52. The molecule has 0 bridgehead atoms. The maximum Gasteiger partial charge on any atom is 0.295 e. The third kappa shape index (κ3) is 4.10. The average Bonchev–Trinajstić information content (AvgIpc) is 3.38. The van der Waals surface area contributed by atoms with Gasteiger partial charge in [0.2, 0.25) is 0 Å². The van der Waals surface area contributed by atoms with E-state index in [-0.39, 0.29) is 24.6 Å². The second-order valence-electron chi connectivity index (χ2n) is 8.04. The molecule has 0 atom stereocenters. The van der Waals surface area contributed by atoms with Crippen molar-refractivity contribution in [1.29, 1.82) is 0 Å². The molecule has 4 aromatic rings. The van der Waals surface area contributed by atoms with Gasteiger partial charge in [-0.15, -0.1) is 0 Å². The summed E-state index contributed by atoms with van der Waals surface area (Å²) >= 11 is 0. The second kappa shape index (κ2) is 9.34. The average molecular weight is 470 g/mol. The third-order valence-electron chi connectivity index (χ3n) is 6.07. The minimum atomic E-state index is -0.651. The SMILES string of the molecule is COc1cnc(-c2ccnnc2)c2[nH]cc(C(=O)C(=O)N3CCN(C(=O)c4ccccc4)CC3)c12. The minimum Gasteiger partial charge on any atom is -0.494 e. The maximum atomic E-state index is 13.3. The van der Waals surface area contributed by atoms with Crippen LogP contribution >= 0.6 is 0 Å². The van der Waals surface area contributed by atoms with Gasteiger partial charge in [0.25, 0.3) is 17.6 Å². The molecule has 35 heavy (non-hydrogen) atoms. The first-order valence-electron chi connectivity index (χ1n) is 11.1. The van der Waals surface area contributed by atoms with Gasteiger partial charge in [-0.3, -0.25) is 19.4 Å². The summed E-state index contributed by atoms with van der Waals surface area (Å²) in [6.07, 6.45) is 6.13. The Hall–Kier alpha value is -4.60. The smallest absolute Gasteiger partial charge is 0.295 e. The fourth-order valence-corrected chi connectivity index (χ4v) is 4.24. The number of aromatic nitrogens is 4. The van der Waals surface area contributed by atoms with Gasteiger partial charge in [-0.25, -0.2) is 0 Å². The Morgan fingerprint density at radius 3 is 2.37 bits per heavy atom. The van der Waals surface area contributed by atoms with Crippen LogP contribution in [0.1, 0.15) is 20.7 Å². The topological polar surface area (TPSA) is 121 Å². The number of nitrogens with one attached hydrogen (secondary N) is 1. The van der Waals surface area contributed by atoms with Gasteiger partial charge in [0, 0.05) is 43.5 Å². The van der Waals surface area contributed by atoms with E-state index in [2.05, 4.69) is 20.2 Å². The molecule has 1 aliphatic heterocycles. The highest BCUT2D eigenvalue weighted by Crippen LogP contribution is 2.34. The van der Waals surface area contributed by atoms with Crippen LogP contribution in [0, 0.1) is 0 Å². The number of methoxy groups -OCH3 is 1. The predicted octanol–water partition coefficient (Wildman–Crippen LogP) is 2.20. The number of carbonyl (C=O) groups is 3. The van der Waals surface area contributed by atoms with E-state index in [1.54, 1.807) is 35.5 Å². The number of hydrogen-bond donors (Lipinski definition) is 1. The van der Waals surface area contributed by atoms with Gasteiger partial charge in [-0.05, 0) is 18.2 Å². The molecule has 0 unspecified atom stereocenters. The molecule has 1 aliphatic rings. The number of pyridine rings is 1. The van der Waals surface area contributed by atoms with Gasteiger partial charge in [0.15, 0.2) is 0 Å². The number of fused-ring (bicyclic) bond motifs is 1. The van der Waals surface area contributed by atoms with Crippen molar-refractivity contribution in [1.82, 2.24) is 30.0 Å². The third-order valence-corrected chi connectivity index (χ3v) is 6.07. The summed E-state index contributed by atoms with van der Waals surface area (Å²) in [6.45, 7) is 1.26. The number of hydrogen-bond acceptors (Lipinski definition) is 7. The molecule has 10 heteroatoms. The molecule has 1 aromatic carbocycles. The molecule has 2 amide bonds. The van der Waals surface area contributed by atoms with Crippen molar-refractivity contribution in [2.75, 3.05) is 33.3 Å². The van der Waals surface area contributed by atoms with Crippen molar-refractivity contribution in [2.45, 2.75) is 0 Å². The van der Waals surface area contributed by atoms with Crippen LogP contribution in [0.25, 0.3) is 22.2 Å². The number of amides is 2. The number of ketones is 1. The lowest BCUT2D eigenvalue weighted by Gasteiger charge is -2.34. The van der Waals surface area contributed by atoms with Crippen molar-refractivity contribution in [3.63, 3.8) is 0 Å². The molecule has 1 saturated heterocycles. The Kier molecular flexibility index (Phi) is 5.92. The summed E-state index contributed by atoms with van der Waals surface area (Å²) in [5.74, 6) is -0.983. The van der Waals surface area contributed by atoms with Crippen molar-refractivity contribution in [3.05, 3.63) is 72.3 Å². The zero-order valence-corrected chi connectivity index (χ0v) is 19.0. The summed E-state index contributed by atoms with van der Waals surface area (Å²) in [7, 11) is 1.48. The summed E-state index contributed by atoms with van der Waals surface area (Å²) in [5, 5.41) is 8.15. The lowest BCUT2D eigenvalue weighted by molar-refractivity contribution is -0.127. The van der Waals surface area contributed by atoms with E-state index in [9.17, 15) is 14.4 Å². The van der Waals surface area contributed by atoms with Crippen LogP contribution in [0.15, 0.2) is 61.2 Å². The lowest BCUT2D eigenvalue weighted by atomic mass is 10.1. The van der Waals surface area contributed by atoms with Crippen molar-refractivity contribution in [3.8, 4) is 17.0 Å². The molecule has 3 aromatic heterocycles. The molecule has 0 saturated carbocycles. The minimum absolute atomic E-state index is 0.0870. The Morgan fingerprint density at radius 2 is 1.69 bits per heavy atom. The van der Waals surface area contributed by atoms with E-state index in [0.717, 1.165) is 0 Å². The van der Waals surface area contributed by atoms with Crippen molar-refractivity contribution < 1.29 is 19.1 Å². The van der Waals surface area contributed by atoms with Gasteiger partial charge < -0.3 is 19.5 Å². The largest absolute Gasteiger partial charge is 0.494 e. The Labute approximate surface area is 200 Å². The number of carbonyl (C=O) groups excluding carboxylic acids is 3. The van der Waals surface area contributed by atoms with Crippen LogP contribution < -0.4 is 4.74 Å². The molecule has 0 radical (unpaired) electrons. The van der Waals surface area contributed by atoms with E-state index < -0.39 is 11.7 Å². The number of ether oxygens (including phenoxy) is 1. The standard InChI is InChI=1S/C25H22N6O4/c1-35-19-15-27-21(17-7-8-28-29-13-17)22-20(19)18(14-26-22)23(32)25(34)31-11-9-30(10-12-31)24(33)16-5-3-2-4-6-16/h2-8,13-15,26H,9-12H2,1H3. The van der Waals surface area contributed by atoms with E-state index >= 15 is 0 Å². The molecule has 176 valence electrons. The molecule has 10 nitrogen and oxygen atoms in total. The highest BCUT2D eigenvalue weighted by Gasteiger charge is 2.31. The first-order valence-corrected chi connectivity index (χ1v) is 11.1. The van der Waals surface area contributed by atoms with Gasteiger partial charge >= 0.3 is 0 Å². The van der Waals surface area contributed by atoms with Gasteiger partial charge in [-0.1, -0.05) is 18.2 Å². The number of piperazine rings is 1. The highest BCUT2D eigenvalue weighted by molar-refractivity contribution is 6.45. The van der Waals surface area contributed by atoms with E-state index in [1.807, 2.05) is 18.2 Å². The molecule has 4 heterocycles. The molecule has 1 fully saturated rings. The monoisotopic (exact) mass is 470 g/mol. The van der Waals surface area contributed by atoms with Crippen LogP contribution in [0.5, 0.6) is 5.75 Å². The predicted molar refractivity (Wildman–Crippen MR) is 127 cm³/mol. The molecule has 5 rings (SSSR count). The fourth-order valence-electron chi connectivity index (χ4n) is 4.24. The first-order chi connectivity index (χ1) is 17.1. The number of benzene rings is 1. The van der Waals surface area contributed by atoms with E-state index in [1.165, 1.54) is 24.4 Å². The van der Waals surface area contributed by atoms with Crippen molar-refractivity contribution in [2.24, 2.45) is 0 Å². The fraction of sp³-hybridized carbons (Fsp3) is 0.200. The number of aromatic amines is 1. The van der Waals surface area contributed by atoms with Crippen LogP contribution in [0.3, 0.4) is 0 Å². The van der Waals surface area contributed by atoms with E-state index in [0.29, 0.717) is 46.6 Å². The first kappa shape index (κ1) is 22.2. The number of nitrogens with zero attached hydrogens (tertiary/aromatic N) is 5. The summed E-state index contributed by atoms with van der Waals surface area (Å²) in [6, 6.07) is 10.8. The Morgan fingerprint density at radius 1 is 0.943 bits per heavy atom. The van der Waals surface area contributed by atoms with Crippen LogP contribution in [-0.4, -0.2) is 80.9 Å². The molecule has 1 N–H and O–H groups in total. The zero-order chi connectivity index (χ0) is 24.4. The maximum absolute atomic E-state index is 13.3. The molecule has 0 spiro atoms. The van der Waals surface area contributed by atoms with Crippen LogP contribution in [0.2, 0.25) is 0 Å². The van der Waals surface area contributed by atoms with Gasteiger partial charge in [0.1, 0.15) is 5.75 Å². The number of rotatable bonds is 5. The van der Waals surface area contributed by atoms with Gasteiger partial charge in [-0.2, -0.15) is 10.2 Å². The number of H-pyrrole nitrogens is 1. The molecule has 0 aliphatic carbocycles. The zero-order valence-electron chi connectivity index (χ0n) is 19.0. The highest BCUT2D eigenvalue weighted by atomic mass is 16.5.